The fraction of sp³-hybridized carbons (Fsp3) is 0.500. The number of hydrogen-bond donors (Lipinski definition) is 1. The highest BCUT2D eigenvalue weighted by Gasteiger charge is 2.16. The van der Waals surface area contributed by atoms with Gasteiger partial charge in [0, 0.05) is 25.5 Å². The average molecular weight is 260 g/mol. The lowest BCUT2D eigenvalue weighted by molar-refractivity contribution is -0.384. The molecule has 1 aromatic heterocycles. The normalized spacial score (nSPS) is 10.2. The van der Waals surface area contributed by atoms with Gasteiger partial charge in [-0.2, -0.15) is 0 Å². The van der Waals surface area contributed by atoms with Gasteiger partial charge in [0.25, 0.3) is 11.6 Å². The van der Waals surface area contributed by atoms with E-state index in [4.69, 9.17) is 11.6 Å². The van der Waals surface area contributed by atoms with Crippen LogP contribution in [-0.2, 0) is 7.05 Å². The van der Waals surface area contributed by atoms with Crippen molar-refractivity contribution >= 4 is 23.2 Å². The molecule has 1 heterocycles. The highest BCUT2D eigenvalue weighted by atomic mass is 35.5. The van der Waals surface area contributed by atoms with Gasteiger partial charge >= 0.3 is 0 Å². The maximum atomic E-state index is 11.7. The number of aryl methyl sites for hydroxylation is 1. The molecule has 0 aliphatic carbocycles. The number of alkyl halides is 1. The summed E-state index contributed by atoms with van der Waals surface area (Å²) in [6.07, 6.45) is 2.94. The molecule has 0 aliphatic rings. The van der Waals surface area contributed by atoms with Crippen LogP contribution in [0.3, 0.4) is 0 Å². The van der Waals surface area contributed by atoms with Crippen LogP contribution in [0.1, 0.15) is 23.3 Å². The first kappa shape index (κ1) is 13.5. The SMILES string of the molecule is Cn1cc([N+](=O)[O-])cc1C(=O)NCCCCCl. The van der Waals surface area contributed by atoms with Crippen molar-refractivity contribution in [3.05, 3.63) is 28.1 Å². The maximum Gasteiger partial charge on any atom is 0.287 e. The topological polar surface area (TPSA) is 77.2 Å². The summed E-state index contributed by atoms with van der Waals surface area (Å²) in [6, 6.07) is 1.26. The number of nitro groups is 1. The van der Waals surface area contributed by atoms with Gasteiger partial charge in [-0.25, -0.2) is 0 Å². The highest BCUT2D eigenvalue weighted by molar-refractivity contribution is 6.17. The fourth-order valence-electron chi connectivity index (χ4n) is 1.38. The van der Waals surface area contributed by atoms with Crippen LogP contribution in [0.25, 0.3) is 0 Å². The number of aromatic nitrogens is 1. The minimum Gasteiger partial charge on any atom is -0.351 e. The van der Waals surface area contributed by atoms with Crippen LogP contribution in [0.15, 0.2) is 12.3 Å². The number of nitrogens with zero attached hydrogens (tertiary/aromatic N) is 2. The van der Waals surface area contributed by atoms with Crippen LogP contribution in [0.5, 0.6) is 0 Å². The summed E-state index contributed by atoms with van der Waals surface area (Å²) >= 11 is 5.51. The largest absolute Gasteiger partial charge is 0.351 e. The first-order valence-corrected chi connectivity index (χ1v) is 5.74. The molecule has 94 valence electrons. The summed E-state index contributed by atoms with van der Waals surface area (Å²) in [7, 11) is 1.60. The number of rotatable bonds is 6. The van der Waals surface area contributed by atoms with E-state index in [-0.39, 0.29) is 17.3 Å². The first-order valence-electron chi connectivity index (χ1n) is 5.21. The van der Waals surface area contributed by atoms with Gasteiger partial charge in [-0.1, -0.05) is 0 Å². The molecule has 0 spiro atoms. The molecule has 0 unspecified atom stereocenters. The van der Waals surface area contributed by atoms with E-state index in [0.29, 0.717) is 12.4 Å². The van der Waals surface area contributed by atoms with E-state index in [1.165, 1.54) is 16.8 Å². The van der Waals surface area contributed by atoms with Gasteiger partial charge in [-0.15, -0.1) is 11.6 Å². The van der Waals surface area contributed by atoms with E-state index >= 15 is 0 Å². The van der Waals surface area contributed by atoms with Gasteiger partial charge in [0.2, 0.25) is 0 Å². The zero-order chi connectivity index (χ0) is 12.8. The summed E-state index contributed by atoms with van der Waals surface area (Å²) in [5.41, 5.74) is 0.195. The van der Waals surface area contributed by atoms with Gasteiger partial charge in [0.15, 0.2) is 0 Å². The molecule has 0 radical (unpaired) electrons. The molecule has 0 atom stereocenters. The third-order valence-corrected chi connectivity index (χ3v) is 2.55. The molecule has 0 saturated carbocycles. The lowest BCUT2D eigenvalue weighted by Gasteiger charge is -2.04. The van der Waals surface area contributed by atoms with Crippen molar-refractivity contribution in [2.75, 3.05) is 12.4 Å². The van der Waals surface area contributed by atoms with Crippen molar-refractivity contribution in [3.63, 3.8) is 0 Å². The van der Waals surface area contributed by atoms with Crippen molar-refractivity contribution in [3.8, 4) is 0 Å². The van der Waals surface area contributed by atoms with E-state index in [9.17, 15) is 14.9 Å². The molecule has 0 fully saturated rings. The Morgan fingerprint density at radius 2 is 2.29 bits per heavy atom. The van der Waals surface area contributed by atoms with Crippen LogP contribution in [-0.4, -0.2) is 27.8 Å². The minimum absolute atomic E-state index is 0.0848. The van der Waals surface area contributed by atoms with Crippen molar-refractivity contribution in [1.29, 1.82) is 0 Å². The predicted octanol–water partition coefficient (Wildman–Crippen LogP) is 1.68. The Labute approximate surface area is 104 Å². The van der Waals surface area contributed by atoms with Crippen LogP contribution >= 0.6 is 11.6 Å². The molecule has 6 nitrogen and oxygen atoms in total. The summed E-state index contributed by atoms with van der Waals surface area (Å²) in [4.78, 5) is 21.7. The van der Waals surface area contributed by atoms with E-state index in [2.05, 4.69) is 5.32 Å². The van der Waals surface area contributed by atoms with Gasteiger partial charge < -0.3 is 9.88 Å². The number of unbranched alkanes of at least 4 members (excludes halogenated alkanes) is 1. The lowest BCUT2D eigenvalue weighted by atomic mass is 10.3. The van der Waals surface area contributed by atoms with Gasteiger partial charge in [0.1, 0.15) is 5.69 Å². The van der Waals surface area contributed by atoms with E-state index in [0.717, 1.165) is 12.8 Å². The predicted molar refractivity (Wildman–Crippen MR) is 64.4 cm³/mol. The molecular weight excluding hydrogens is 246 g/mol. The summed E-state index contributed by atoms with van der Waals surface area (Å²) in [5.74, 6) is 0.251. The molecule has 0 aromatic carbocycles. The molecule has 0 bridgehead atoms. The quantitative estimate of drug-likeness (QED) is 0.365. The van der Waals surface area contributed by atoms with Crippen LogP contribution in [0.4, 0.5) is 5.69 Å². The molecule has 17 heavy (non-hydrogen) atoms. The zero-order valence-corrected chi connectivity index (χ0v) is 10.2. The number of carbonyl (C=O) groups is 1. The minimum atomic E-state index is -0.524. The first-order chi connectivity index (χ1) is 8.06. The third kappa shape index (κ3) is 3.74. The Morgan fingerprint density at radius 3 is 2.82 bits per heavy atom. The highest BCUT2D eigenvalue weighted by Crippen LogP contribution is 2.14. The van der Waals surface area contributed by atoms with Crippen LogP contribution in [0.2, 0.25) is 0 Å². The van der Waals surface area contributed by atoms with Crippen LogP contribution in [0, 0.1) is 10.1 Å². The Kier molecular flexibility index (Phi) is 4.96. The second-order valence-corrected chi connectivity index (χ2v) is 3.98. The van der Waals surface area contributed by atoms with Crippen molar-refractivity contribution < 1.29 is 9.72 Å². The van der Waals surface area contributed by atoms with Gasteiger partial charge in [-0.05, 0) is 12.8 Å². The number of halogens is 1. The standard InChI is InChI=1S/C10H14ClN3O3/c1-13-7-8(14(16)17)6-9(13)10(15)12-5-3-2-4-11/h6-7H,2-5H2,1H3,(H,12,15). The Bertz CT molecular complexity index is 417. The molecule has 1 rings (SSSR count). The molecular formula is C10H14ClN3O3. The van der Waals surface area contributed by atoms with Crippen molar-refractivity contribution in [2.45, 2.75) is 12.8 Å². The van der Waals surface area contributed by atoms with Gasteiger partial charge in [-0.3, -0.25) is 14.9 Å². The smallest absolute Gasteiger partial charge is 0.287 e. The van der Waals surface area contributed by atoms with E-state index in [1.54, 1.807) is 7.05 Å². The molecule has 0 saturated heterocycles. The molecule has 7 heteroatoms. The number of hydrogen-bond acceptors (Lipinski definition) is 3. The Hall–Kier alpha value is -1.56. The third-order valence-electron chi connectivity index (χ3n) is 2.28. The van der Waals surface area contributed by atoms with E-state index < -0.39 is 4.92 Å². The van der Waals surface area contributed by atoms with Gasteiger partial charge in [0.05, 0.1) is 11.1 Å². The maximum absolute atomic E-state index is 11.7. The number of carbonyl (C=O) groups excluding carboxylic acids is 1. The number of nitrogens with one attached hydrogen (secondary N) is 1. The Balaban J connectivity index is 2.59. The fourth-order valence-corrected chi connectivity index (χ4v) is 1.57. The molecule has 1 N–H and O–H groups in total. The zero-order valence-electron chi connectivity index (χ0n) is 9.48. The average Bonchev–Trinajstić information content (AvgIpc) is 2.67. The second-order valence-electron chi connectivity index (χ2n) is 3.60. The molecule has 0 aliphatic heterocycles. The lowest BCUT2D eigenvalue weighted by Crippen LogP contribution is -2.26. The monoisotopic (exact) mass is 259 g/mol. The summed E-state index contributed by atoms with van der Waals surface area (Å²) in [5, 5.41) is 13.2. The van der Waals surface area contributed by atoms with Crippen LogP contribution < -0.4 is 5.32 Å². The molecule has 1 amide bonds. The summed E-state index contributed by atoms with van der Waals surface area (Å²) < 4.78 is 1.44. The van der Waals surface area contributed by atoms with Crippen molar-refractivity contribution in [1.82, 2.24) is 9.88 Å². The Morgan fingerprint density at radius 1 is 1.59 bits per heavy atom. The second kappa shape index (κ2) is 6.24. The van der Waals surface area contributed by atoms with E-state index in [1.807, 2.05) is 0 Å². The van der Waals surface area contributed by atoms with Crippen molar-refractivity contribution in [2.24, 2.45) is 7.05 Å². The number of amides is 1. The molecule has 1 aromatic rings. The summed E-state index contributed by atoms with van der Waals surface area (Å²) in [6.45, 7) is 0.518.